The summed E-state index contributed by atoms with van der Waals surface area (Å²) in [5, 5.41) is 4.02. The largest absolute Gasteiger partial charge is 0.459 e. The standard InChI is InChI=1S/C14H19ClN2O4/c1-14(2,3)21-12(18)9-17(20-4)13(19)16-11-7-5-10(15)6-8-11/h5-8H,9H2,1-4H3,(H,16,19). The molecule has 1 aromatic carbocycles. The van der Waals surface area contributed by atoms with Crippen LogP contribution in [0.1, 0.15) is 20.8 Å². The van der Waals surface area contributed by atoms with Crippen LogP contribution in [0.5, 0.6) is 0 Å². The zero-order valence-electron chi connectivity index (χ0n) is 12.5. The van der Waals surface area contributed by atoms with Crippen LogP contribution in [0.15, 0.2) is 24.3 Å². The summed E-state index contributed by atoms with van der Waals surface area (Å²) in [6.45, 7) is 4.93. The predicted molar refractivity (Wildman–Crippen MR) is 80.0 cm³/mol. The molecule has 1 N–H and O–H groups in total. The molecule has 0 radical (unpaired) electrons. The molecule has 0 spiro atoms. The lowest BCUT2D eigenvalue weighted by molar-refractivity contribution is -0.166. The van der Waals surface area contributed by atoms with Crippen LogP contribution in [0.25, 0.3) is 0 Å². The van der Waals surface area contributed by atoms with E-state index in [0.717, 1.165) is 5.06 Å². The number of esters is 1. The Morgan fingerprint density at radius 1 is 1.24 bits per heavy atom. The first-order valence-electron chi connectivity index (χ1n) is 6.31. The molecule has 0 saturated carbocycles. The van der Waals surface area contributed by atoms with Crippen molar-refractivity contribution in [3.63, 3.8) is 0 Å². The monoisotopic (exact) mass is 314 g/mol. The highest BCUT2D eigenvalue weighted by Crippen LogP contribution is 2.14. The number of anilines is 1. The Morgan fingerprint density at radius 3 is 2.29 bits per heavy atom. The minimum absolute atomic E-state index is 0.312. The molecule has 7 heteroatoms. The number of ether oxygens (including phenoxy) is 1. The highest BCUT2D eigenvalue weighted by molar-refractivity contribution is 6.30. The molecule has 21 heavy (non-hydrogen) atoms. The SMILES string of the molecule is CON(CC(=O)OC(C)(C)C)C(=O)Nc1ccc(Cl)cc1. The van der Waals surface area contributed by atoms with Gasteiger partial charge >= 0.3 is 12.0 Å². The Kier molecular flexibility index (Phi) is 5.99. The summed E-state index contributed by atoms with van der Waals surface area (Å²) in [7, 11) is 1.30. The van der Waals surface area contributed by atoms with Crippen LogP contribution in [-0.2, 0) is 14.4 Å². The first kappa shape index (κ1) is 17.3. The van der Waals surface area contributed by atoms with Crippen LogP contribution in [0.3, 0.4) is 0 Å². The summed E-state index contributed by atoms with van der Waals surface area (Å²) in [4.78, 5) is 28.6. The van der Waals surface area contributed by atoms with Crippen molar-refractivity contribution in [2.24, 2.45) is 0 Å². The maximum Gasteiger partial charge on any atom is 0.346 e. The number of carbonyl (C=O) groups is 2. The summed E-state index contributed by atoms with van der Waals surface area (Å²) < 4.78 is 5.13. The van der Waals surface area contributed by atoms with Crippen LogP contribution < -0.4 is 5.32 Å². The van der Waals surface area contributed by atoms with Crippen molar-refractivity contribution in [1.82, 2.24) is 5.06 Å². The quantitative estimate of drug-likeness (QED) is 0.685. The zero-order valence-corrected chi connectivity index (χ0v) is 13.2. The summed E-state index contributed by atoms with van der Waals surface area (Å²) in [6, 6.07) is 5.98. The molecule has 0 aromatic heterocycles. The van der Waals surface area contributed by atoms with Gasteiger partial charge in [-0.3, -0.25) is 9.63 Å². The molecule has 0 fully saturated rings. The number of rotatable bonds is 4. The van der Waals surface area contributed by atoms with Gasteiger partial charge in [0.1, 0.15) is 12.1 Å². The van der Waals surface area contributed by atoms with Gasteiger partial charge < -0.3 is 10.1 Å². The minimum atomic E-state index is -0.622. The van der Waals surface area contributed by atoms with Crippen LogP contribution in [0.4, 0.5) is 10.5 Å². The highest BCUT2D eigenvalue weighted by atomic mass is 35.5. The summed E-state index contributed by atoms with van der Waals surface area (Å²) in [5.41, 5.74) is -0.0842. The topological polar surface area (TPSA) is 67.9 Å². The molecule has 0 aliphatic carbocycles. The second-order valence-corrected chi connectivity index (χ2v) is 5.68. The number of amides is 2. The van der Waals surface area contributed by atoms with Crippen LogP contribution in [-0.4, -0.2) is 36.3 Å². The molecule has 0 aliphatic heterocycles. The zero-order chi connectivity index (χ0) is 16.0. The minimum Gasteiger partial charge on any atom is -0.459 e. The van der Waals surface area contributed by atoms with Crippen molar-refractivity contribution in [1.29, 1.82) is 0 Å². The number of hydroxylamine groups is 2. The summed E-state index contributed by atoms with van der Waals surface area (Å²) in [6.07, 6.45) is 0. The van der Waals surface area contributed by atoms with Crippen LogP contribution >= 0.6 is 11.6 Å². The van der Waals surface area contributed by atoms with Crippen molar-refractivity contribution in [3.05, 3.63) is 29.3 Å². The normalized spacial score (nSPS) is 10.9. The maximum atomic E-state index is 12.0. The number of hydrogen-bond acceptors (Lipinski definition) is 4. The second kappa shape index (κ2) is 7.28. The average Bonchev–Trinajstić information content (AvgIpc) is 2.36. The number of nitrogens with one attached hydrogen (secondary N) is 1. The van der Waals surface area contributed by atoms with E-state index >= 15 is 0 Å². The van der Waals surface area contributed by atoms with Gasteiger partial charge in [-0.05, 0) is 45.0 Å². The van der Waals surface area contributed by atoms with Gasteiger partial charge in [-0.1, -0.05) is 11.6 Å². The van der Waals surface area contributed by atoms with Gasteiger partial charge in [-0.2, -0.15) is 5.06 Å². The molecule has 0 saturated heterocycles. The first-order valence-corrected chi connectivity index (χ1v) is 6.69. The molecule has 6 nitrogen and oxygen atoms in total. The van der Waals surface area contributed by atoms with E-state index in [2.05, 4.69) is 5.32 Å². The van der Waals surface area contributed by atoms with Gasteiger partial charge in [0.2, 0.25) is 0 Å². The number of hydrogen-bond donors (Lipinski definition) is 1. The van der Waals surface area contributed by atoms with E-state index in [1.54, 1.807) is 45.0 Å². The third kappa shape index (κ3) is 6.46. The maximum absolute atomic E-state index is 12.0. The molecule has 2 amide bonds. The Bertz CT molecular complexity index is 497. The number of benzene rings is 1. The summed E-state index contributed by atoms with van der Waals surface area (Å²) in [5.74, 6) is -0.560. The van der Waals surface area contributed by atoms with E-state index in [0.29, 0.717) is 10.7 Å². The number of nitrogens with zero attached hydrogens (tertiary/aromatic N) is 1. The van der Waals surface area contributed by atoms with Crippen LogP contribution in [0, 0.1) is 0 Å². The average molecular weight is 315 g/mol. The predicted octanol–water partition coefficient (Wildman–Crippen LogP) is 3.08. The van der Waals surface area contributed by atoms with E-state index in [1.807, 2.05) is 0 Å². The Hall–Kier alpha value is -1.79. The van der Waals surface area contributed by atoms with E-state index < -0.39 is 17.6 Å². The smallest absolute Gasteiger partial charge is 0.346 e. The fourth-order valence-electron chi connectivity index (χ4n) is 1.43. The molecular formula is C14H19ClN2O4. The summed E-state index contributed by atoms with van der Waals surface area (Å²) >= 11 is 5.76. The Labute approximate surface area is 128 Å². The highest BCUT2D eigenvalue weighted by Gasteiger charge is 2.22. The fourth-order valence-corrected chi connectivity index (χ4v) is 1.56. The van der Waals surface area contributed by atoms with Gasteiger partial charge in [-0.25, -0.2) is 4.79 Å². The molecule has 0 heterocycles. The van der Waals surface area contributed by atoms with Gasteiger partial charge in [0, 0.05) is 10.7 Å². The van der Waals surface area contributed by atoms with Crippen LogP contribution in [0.2, 0.25) is 5.02 Å². The molecule has 1 rings (SSSR count). The van der Waals surface area contributed by atoms with Crippen molar-refractivity contribution >= 4 is 29.3 Å². The third-order valence-electron chi connectivity index (χ3n) is 2.24. The fraction of sp³-hybridized carbons (Fsp3) is 0.429. The Morgan fingerprint density at radius 2 is 1.81 bits per heavy atom. The third-order valence-corrected chi connectivity index (χ3v) is 2.49. The van der Waals surface area contributed by atoms with Gasteiger partial charge in [0.15, 0.2) is 0 Å². The molecule has 0 aliphatic rings. The molecule has 0 bridgehead atoms. The van der Waals surface area contributed by atoms with Gasteiger partial charge in [0.05, 0.1) is 7.11 Å². The van der Waals surface area contributed by atoms with Crippen molar-refractivity contribution < 1.29 is 19.2 Å². The van der Waals surface area contributed by atoms with E-state index in [9.17, 15) is 9.59 Å². The lowest BCUT2D eigenvalue weighted by Crippen LogP contribution is -2.40. The Balaban J connectivity index is 2.61. The number of carbonyl (C=O) groups excluding carboxylic acids is 2. The second-order valence-electron chi connectivity index (χ2n) is 5.24. The van der Waals surface area contributed by atoms with Gasteiger partial charge in [0.25, 0.3) is 0 Å². The van der Waals surface area contributed by atoms with Crippen molar-refractivity contribution in [2.45, 2.75) is 26.4 Å². The number of halogens is 1. The lowest BCUT2D eigenvalue weighted by Gasteiger charge is -2.23. The molecule has 0 atom stereocenters. The molecule has 1 aromatic rings. The van der Waals surface area contributed by atoms with E-state index in [4.69, 9.17) is 21.2 Å². The molecular weight excluding hydrogens is 296 g/mol. The lowest BCUT2D eigenvalue weighted by atomic mass is 10.2. The van der Waals surface area contributed by atoms with Crippen molar-refractivity contribution in [2.75, 3.05) is 19.0 Å². The van der Waals surface area contributed by atoms with Crippen molar-refractivity contribution in [3.8, 4) is 0 Å². The van der Waals surface area contributed by atoms with E-state index in [-0.39, 0.29) is 6.54 Å². The van der Waals surface area contributed by atoms with Gasteiger partial charge in [-0.15, -0.1) is 0 Å². The molecule has 0 unspecified atom stereocenters. The van der Waals surface area contributed by atoms with E-state index in [1.165, 1.54) is 7.11 Å². The molecule has 116 valence electrons. The number of urea groups is 1. The first-order chi connectivity index (χ1) is 9.71.